The molecule has 4 N–H and O–H groups in total. The number of nitrogens with zero attached hydrogens (tertiary/aromatic N) is 1. The number of nitrogens with two attached hydrogens (primary N) is 1. The van der Waals surface area contributed by atoms with Crippen LogP contribution in [0.3, 0.4) is 0 Å². The molecular weight excluding hydrogens is 366 g/mol. The average Bonchev–Trinajstić information content (AvgIpc) is 2.95. The molecule has 138 valence electrons. The number of carbonyl (C=O) groups is 1. The fraction of sp³-hybridized carbons (Fsp3) is 0.529. The first-order valence-electron chi connectivity index (χ1n) is 8.31. The number of aromatic nitrogens is 2. The number of nitrogens with one attached hydrogen (secondary N) is 2. The molecule has 2 bridgehead atoms. The molecule has 2 fully saturated rings. The Bertz CT molecular complexity index is 739. The molecule has 0 aliphatic heterocycles. The van der Waals surface area contributed by atoms with E-state index in [1.807, 2.05) is 0 Å². The first kappa shape index (κ1) is 19.9. The molecule has 1 aromatic heterocycles. The van der Waals surface area contributed by atoms with Crippen molar-refractivity contribution in [2.75, 3.05) is 0 Å². The average molecular weight is 389 g/mol. The van der Waals surface area contributed by atoms with Gasteiger partial charge in [-0.05, 0) is 49.7 Å². The third-order valence-corrected chi connectivity index (χ3v) is 5.41. The number of H-pyrrole nitrogens is 1. The lowest BCUT2D eigenvalue weighted by atomic mass is 9.67. The zero-order chi connectivity index (χ0) is 16.0. The van der Waals surface area contributed by atoms with Crippen molar-refractivity contribution < 1.29 is 9.18 Å². The Hall–Kier alpha value is -1.37. The molecule has 1 aromatic carbocycles. The summed E-state index contributed by atoms with van der Waals surface area (Å²) in [5.41, 5.74) is 7.49. The van der Waals surface area contributed by atoms with Gasteiger partial charge in [0.1, 0.15) is 11.3 Å². The van der Waals surface area contributed by atoms with E-state index < -0.39 is 5.82 Å². The van der Waals surface area contributed by atoms with Gasteiger partial charge >= 0.3 is 0 Å². The van der Waals surface area contributed by atoms with Crippen molar-refractivity contribution in [1.82, 2.24) is 15.3 Å². The molecule has 8 heteroatoms. The molecule has 2 unspecified atom stereocenters. The van der Waals surface area contributed by atoms with E-state index in [2.05, 4.69) is 15.3 Å². The lowest BCUT2D eigenvalue weighted by molar-refractivity contribution is 0.0757. The number of hydrogen-bond acceptors (Lipinski definition) is 3. The number of amides is 1. The number of imidazole rings is 1. The maximum Gasteiger partial charge on any atom is 0.253 e. The molecule has 1 amide bonds. The number of carbonyl (C=O) groups excluding carboxylic acids is 1. The zero-order valence-electron chi connectivity index (χ0n) is 13.7. The highest BCUT2D eigenvalue weighted by molar-refractivity contribution is 6.05. The Morgan fingerprint density at radius 3 is 2.60 bits per heavy atom. The summed E-state index contributed by atoms with van der Waals surface area (Å²) in [7, 11) is 0. The molecule has 1 heterocycles. The van der Waals surface area contributed by atoms with E-state index in [0.717, 1.165) is 25.7 Å². The summed E-state index contributed by atoms with van der Waals surface area (Å²) in [6, 6.07) is 3.01. The number of hydrogen-bond donors (Lipinski definition) is 3. The van der Waals surface area contributed by atoms with Gasteiger partial charge in [0.05, 0.1) is 17.4 Å². The van der Waals surface area contributed by atoms with Gasteiger partial charge in [0, 0.05) is 12.1 Å². The predicted molar refractivity (Wildman–Crippen MR) is 99.8 cm³/mol. The molecule has 2 saturated carbocycles. The van der Waals surface area contributed by atoms with Gasteiger partial charge in [-0.15, -0.1) is 24.8 Å². The summed E-state index contributed by atoms with van der Waals surface area (Å²) < 4.78 is 13.8. The SMILES string of the molecule is Cl.Cl.NC1CC2CCCC(C1)C2NC(=O)c1cc(F)cc2[nH]cnc12. The van der Waals surface area contributed by atoms with Crippen molar-refractivity contribution >= 4 is 41.8 Å². The van der Waals surface area contributed by atoms with Crippen LogP contribution in [0.15, 0.2) is 18.5 Å². The molecule has 25 heavy (non-hydrogen) atoms. The van der Waals surface area contributed by atoms with Gasteiger partial charge < -0.3 is 16.0 Å². The maximum atomic E-state index is 13.8. The minimum absolute atomic E-state index is 0. The summed E-state index contributed by atoms with van der Waals surface area (Å²) in [5, 5.41) is 3.15. The molecule has 2 aromatic rings. The topological polar surface area (TPSA) is 83.8 Å². The number of benzene rings is 1. The van der Waals surface area contributed by atoms with E-state index in [9.17, 15) is 9.18 Å². The Morgan fingerprint density at radius 2 is 1.92 bits per heavy atom. The molecule has 5 nitrogen and oxygen atoms in total. The summed E-state index contributed by atoms with van der Waals surface area (Å²) in [6.07, 6.45) is 6.82. The van der Waals surface area contributed by atoms with Crippen molar-refractivity contribution in [2.45, 2.75) is 44.2 Å². The fourth-order valence-electron chi connectivity index (χ4n) is 4.44. The van der Waals surface area contributed by atoms with Crippen LogP contribution in [-0.4, -0.2) is 28.0 Å². The minimum atomic E-state index is -0.433. The second-order valence-corrected chi connectivity index (χ2v) is 6.93. The highest BCUT2D eigenvalue weighted by Crippen LogP contribution is 2.39. The van der Waals surface area contributed by atoms with E-state index in [1.165, 1.54) is 24.9 Å². The van der Waals surface area contributed by atoms with Crippen molar-refractivity contribution in [3.8, 4) is 0 Å². The van der Waals surface area contributed by atoms with Gasteiger partial charge in [0.15, 0.2) is 0 Å². The second kappa shape index (κ2) is 7.89. The highest BCUT2D eigenvalue weighted by Gasteiger charge is 2.40. The van der Waals surface area contributed by atoms with E-state index >= 15 is 0 Å². The van der Waals surface area contributed by atoms with E-state index in [4.69, 9.17) is 5.73 Å². The Balaban J connectivity index is 0.00000113. The third kappa shape index (κ3) is 3.76. The Labute approximate surface area is 158 Å². The normalized spacial score (nSPS) is 27.9. The van der Waals surface area contributed by atoms with E-state index in [0.29, 0.717) is 28.4 Å². The minimum Gasteiger partial charge on any atom is -0.349 e. The largest absolute Gasteiger partial charge is 0.349 e. The van der Waals surface area contributed by atoms with E-state index in [-0.39, 0.29) is 42.8 Å². The van der Waals surface area contributed by atoms with Crippen molar-refractivity contribution in [1.29, 1.82) is 0 Å². The highest BCUT2D eigenvalue weighted by atomic mass is 35.5. The number of rotatable bonds is 2. The molecule has 0 radical (unpaired) electrons. The van der Waals surface area contributed by atoms with Crippen LogP contribution < -0.4 is 11.1 Å². The van der Waals surface area contributed by atoms with Crippen molar-refractivity contribution in [3.63, 3.8) is 0 Å². The number of aromatic amines is 1. The number of fused-ring (bicyclic) bond motifs is 3. The van der Waals surface area contributed by atoms with Gasteiger partial charge in [0.25, 0.3) is 5.91 Å². The van der Waals surface area contributed by atoms with Gasteiger partial charge in [-0.1, -0.05) is 6.42 Å². The lowest BCUT2D eigenvalue weighted by Crippen LogP contribution is -2.53. The third-order valence-electron chi connectivity index (χ3n) is 5.41. The summed E-state index contributed by atoms with van der Waals surface area (Å²) in [4.78, 5) is 19.7. The van der Waals surface area contributed by atoms with E-state index in [1.54, 1.807) is 0 Å². The van der Waals surface area contributed by atoms with Crippen LogP contribution in [0.5, 0.6) is 0 Å². The number of halogens is 3. The first-order valence-corrected chi connectivity index (χ1v) is 8.31. The van der Waals surface area contributed by atoms with Crippen LogP contribution in [0.2, 0.25) is 0 Å². The molecule has 2 aliphatic rings. The summed E-state index contributed by atoms with van der Waals surface area (Å²) in [6.45, 7) is 0. The molecule has 2 atom stereocenters. The van der Waals surface area contributed by atoms with Gasteiger partial charge in [-0.3, -0.25) is 4.79 Å². The van der Waals surface area contributed by atoms with Crippen LogP contribution >= 0.6 is 24.8 Å². The van der Waals surface area contributed by atoms with Crippen LogP contribution in [0.4, 0.5) is 4.39 Å². The monoisotopic (exact) mass is 388 g/mol. The van der Waals surface area contributed by atoms with Crippen LogP contribution in [-0.2, 0) is 0 Å². The maximum absolute atomic E-state index is 13.8. The molecular formula is C17H23Cl2FN4O. The Kier molecular flexibility index (Phi) is 6.30. The van der Waals surface area contributed by atoms with Gasteiger partial charge in [-0.25, -0.2) is 9.37 Å². The fourth-order valence-corrected chi connectivity index (χ4v) is 4.44. The van der Waals surface area contributed by atoms with Crippen molar-refractivity contribution in [2.24, 2.45) is 17.6 Å². The summed E-state index contributed by atoms with van der Waals surface area (Å²) in [5.74, 6) is 0.200. The summed E-state index contributed by atoms with van der Waals surface area (Å²) >= 11 is 0. The van der Waals surface area contributed by atoms with Crippen LogP contribution in [0.1, 0.15) is 42.5 Å². The molecule has 0 spiro atoms. The molecule has 0 saturated heterocycles. The second-order valence-electron chi connectivity index (χ2n) is 6.93. The molecule has 4 rings (SSSR count). The van der Waals surface area contributed by atoms with Gasteiger partial charge in [-0.2, -0.15) is 0 Å². The quantitative estimate of drug-likeness (QED) is 0.738. The van der Waals surface area contributed by atoms with Crippen LogP contribution in [0, 0.1) is 17.7 Å². The van der Waals surface area contributed by atoms with Crippen LogP contribution in [0.25, 0.3) is 11.0 Å². The Morgan fingerprint density at radius 1 is 1.24 bits per heavy atom. The smallest absolute Gasteiger partial charge is 0.253 e. The zero-order valence-corrected chi connectivity index (χ0v) is 15.3. The predicted octanol–water partition coefficient (Wildman–Crippen LogP) is 3.18. The van der Waals surface area contributed by atoms with Gasteiger partial charge in [0.2, 0.25) is 0 Å². The molecule has 2 aliphatic carbocycles. The standard InChI is InChI=1S/C17H21FN4O.2ClH/c18-11-6-13(16-14(7-11)20-8-21-16)17(23)22-15-9-2-1-3-10(15)5-12(19)4-9;;/h6-10,12,15H,1-5,19H2,(H,20,21)(H,22,23);2*1H. The first-order chi connectivity index (χ1) is 11.1. The van der Waals surface area contributed by atoms with Crippen molar-refractivity contribution in [3.05, 3.63) is 29.8 Å². The lowest BCUT2D eigenvalue weighted by Gasteiger charge is -2.45.